The SMILES string of the molecule is O=C(c1ccc(Cl)cc1)N1CCC(c2ccco2)C1. The minimum atomic E-state index is 0.0609. The summed E-state index contributed by atoms with van der Waals surface area (Å²) in [6.07, 6.45) is 2.63. The number of amides is 1. The Morgan fingerprint density at radius 3 is 2.74 bits per heavy atom. The number of hydrogen-bond acceptors (Lipinski definition) is 2. The lowest BCUT2D eigenvalue weighted by Crippen LogP contribution is -2.28. The van der Waals surface area contributed by atoms with Crippen LogP contribution >= 0.6 is 11.6 Å². The van der Waals surface area contributed by atoms with E-state index in [9.17, 15) is 4.79 Å². The molecule has 1 aliphatic heterocycles. The first-order valence-corrected chi connectivity index (χ1v) is 6.70. The summed E-state index contributed by atoms with van der Waals surface area (Å²) in [7, 11) is 0. The summed E-state index contributed by atoms with van der Waals surface area (Å²) in [6, 6.07) is 10.9. The van der Waals surface area contributed by atoms with Crippen LogP contribution in [0.15, 0.2) is 47.1 Å². The van der Waals surface area contributed by atoms with Crippen molar-refractivity contribution in [3.05, 3.63) is 59.0 Å². The van der Waals surface area contributed by atoms with Crippen molar-refractivity contribution in [2.24, 2.45) is 0 Å². The molecule has 0 bridgehead atoms. The maximum Gasteiger partial charge on any atom is 0.253 e. The maximum atomic E-state index is 12.3. The first-order chi connectivity index (χ1) is 9.24. The Labute approximate surface area is 116 Å². The Morgan fingerprint density at radius 2 is 2.05 bits per heavy atom. The van der Waals surface area contributed by atoms with Crippen molar-refractivity contribution in [3.8, 4) is 0 Å². The van der Waals surface area contributed by atoms with Gasteiger partial charge in [0.15, 0.2) is 0 Å². The van der Waals surface area contributed by atoms with Crippen LogP contribution in [0, 0.1) is 0 Å². The molecule has 1 atom stereocenters. The molecular formula is C15H14ClNO2. The fourth-order valence-electron chi connectivity index (χ4n) is 2.48. The van der Waals surface area contributed by atoms with Gasteiger partial charge < -0.3 is 9.32 Å². The third-order valence-corrected chi connectivity index (χ3v) is 3.76. The van der Waals surface area contributed by atoms with Crippen molar-refractivity contribution >= 4 is 17.5 Å². The van der Waals surface area contributed by atoms with E-state index >= 15 is 0 Å². The van der Waals surface area contributed by atoms with Crippen molar-refractivity contribution in [3.63, 3.8) is 0 Å². The van der Waals surface area contributed by atoms with Gasteiger partial charge in [-0.25, -0.2) is 0 Å². The molecule has 1 saturated heterocycles. The second-order valence-electron chi connectivity index (χ2n) is 4.76. The van der Waals surface area contributed by atoms with E-state index in [0.717, 1.165) is 25.3 Å². The van der Waals surface area contributed by atoms with Gasteiger partial charge in [-0.05, 0) is 42.8 Å². The zero-order valence-electron chi connectivity index (χ0n) is 10.4. The Balaban J connectivity index is 1.71. The van der Waals surface area contributed by atoms with E-state index in [0.29, 0.717) is 16.5 Å². The summed E-state index contributed by atoms with van der Waals surface area (Å²) in [5, 5.41) is 0.645. The van der Waals surface area contributed by atoms with Gasteiger partial charge in [0.2, 0.25) is 0 Å². The monoisotopic (exact) mass is 275 g/mol. The van der Waals surface area contributed by atoms with Crippen LogP contribution < -0.4 is 0 Å². The summed E-state index contributed by atoms with van der Waals surface area (Å²) < 4.78 is 5.41. The van der Waals surface area contributed by atoms with E-state index < -0.39 is 0 Å². The molecule has 3 rings (SSSR count). The zero-order valence-corrected chi connectivity index (χ0v) is 11.1. The van der Waals surface area contributed by atoms with Gasteiger partial charge in [-0.2, -0.15) is 0 Å². The lowest BCUT2D eigenvalue weighted by molar-refractivity contribution is 0.0790. The van der Waals surface area contributed by atoms with E-state index in [1.165, 1.54) is 0 Å². The number of furan rings is 1. The van der Waals surface area contributed by atoms with Crippen LogP contribution in [0.1, 0.15) is 28.5 Å². The standard InChI is InChI=1S/C15H14ClNO2/c16-13-5-3-11(4-6-13)15(18)17-8-7-12(10-17)14-2-1-9-19-14/h1-6,9,12H,7-8,10H2. The van der Waals surface area contributed by atoms with Crippen molar-refractivity contribution < 1.29 is 9.21 Å². The Kier molecular flexibility index (Phi) is 3.30. The number of rotatable bonds is 2. The molecule has 0 aliphatic carbocycles. The number of nitrogens with zero attached hydrogens (tertiary/aromatic N) is 1. The molecule has 3 nitrogen and oxygen atoms in total. The molecule has 19 heavy (non-hydrogen) atoms. The molecule has 1 fully saturated rings. The quantitative estimate of drug-likeness (QED) is 0.840. The molecule has 0 saturated carbocycles. The van der Waals surface area contributed by atoms with Gasteiger partial charge in [0, 0.05) is 29.6 Å². The van der Waals surface area contributed by atoms with Crippen LogP contribution in [0.4, 0.5) is 0 Å². The van der Waals surface area contributed by atoms with Crippen LogP contribution in [0.25, 0.3) is 0 Å². The minimum absolute atomic E-state index is 0.0609. The van der Waals surface area contributed by atoms with Crippen LogP contribution in [-0.4, -0.2) is 23.9 Å². The fraction of sp³-hybridized carbons (Fsp3) is 0.267. The number of benzene rings is 1. The second kappa shape index (κ2) is 5.10. The lowest BCUT2D eigenvalue weighted by atomic mass is 10.1. The largest absolute Gasteiger partial charge is 0.469 e. The third-order valence-electron chi connectivity index (χ3n) is 3.51. The van der Waals surface area contributed by atoms with Crippen LogP contribution in [0.5, 0.6) is 0 Å². The average Bonchev–Trinajstić information content (AvgIpc) is 3.10. The van der Waals surface area contributed by atoms with Gasteiger partial charge in [0.25, 0.3) is 5.91 Å². The highest BCUT2D eigenvalue weighted by Gasteiger charge is 2.29. The molecule has 1 aromatic heterocycles. The molecule has 98 valence electrons. The van der Waals surface area contributed by atoms with Crippen LogP contribution in [0.3, 0.4) is 0 Å². The zero-order chi connectivity index (χ0) is 13.2. The molecule has 4 heteroatoms. The Hall–Kier alpha value is -1.74. The van der Waals surface area contributed by atoms with Crippen molar-refractivity contribution in [2.75, 3.05) is 13.1 Å². The predicted molar refractivity (Wildman–Crippen MR) is 73.4 cm³/mol. The van der Waals surface area contributed by atoms with E-state index in [1.54, 1.807) is 30.5 Å². The number of halogens is 1. The molecule has 1 amide bonds. The highest BCUT2D eigenvalue weighted by Crippen LogP contribution is 2.28. The predicted octanol–water partition coefficient (Wildman–Crippen LogP) is 3.56. The maximum absolute atomic E-state index is 12.3. The topological polar surface area (TPSA) is 33.5 Å². The van der Waals surface area contributed by atoms with Gasteiger partial charge in [0.05, 0.1) is 6.26 Å². The van der Waals surface area contributed by atoms with Crippen molar-refractivity contribution in [1.82, 2.24) is 4.90 Å². The van der Waals surface area contributed by atoms with Gasteiger partial charge in [-0.1, -0.05) is 11.6 Å². The number of likely N-dealkylation sites (tertiary alicyclic amines) is 1. The first-order valence-electron chi connectivity index (χ1n) is 6.32. The molecule has 0 radical (unpaired) electrons. The average molecular weight is 276 g/mol. The molecule has 2 heterocycles. The molecule has 1 aromatic carbocycles. The molecule has 0 spiro atoms. The summed E-state index contributed by atoms with van der Waals surface area (Å²) in [5.74, 6) is 1.34. The minimum Gasteiger partial charge on any atom is -0.469 e. The van der Waals surface area contributed by atoms with Crippen LogP contribution in [0.2, 0.25) is 5.02 Å². The normalized spacial score (nSPS) is 18.8. The first kappa shape index (κ1) is 12.3. The summed E-state index contributed by atoms with van der Waals surface area (Å²) in [6.45, 7) is 1.49. The third kappa shape index (κ3) is 2.51. The Morgan fingerprint density at radius 1 is 1.26 bits per heavy atom. The highest BCUT2D eigenvalue weighted by atomic mass is 35.5. The van der Waals surface area contributed by atoms with E-state index in [2.05, 4.69) is 0 Å². The van der Waals surface area contributed by atoms with Crippen molar-refractivity contribution in [1.29, 1.82) is 0 Å². The molecule has 1 aliphatic rings. The van der Waals surface area contributed by atoms with E-state index in [4.69, 9.17) is 16.0 Å². The van der Waals surface area contributed by atoms with Gasteiger partial charge in [0.1, 0.15) is 5.76 Å². The number of carbonyl (C=O) groups is 1. The Bertz CT molecular complexity index is 562. The lowest BCUT2D eigenvalue weighted by Gasteiger charge is -2.16. The van der Waals surface area contributed by atoms with Crippen LogP contribution in [-0.2, 0) is 0 Å². The fourth-order valence-corrected chi connectivity index (χ4v) is 2.60. The van der Waals surface area contributed by atoms with E-state index in [1.807, 2.05) is 17.0 Å². The van der Waals surface area contributed by atoms with Crippen molar-refractivity contribution in [2.45, 2.75) is 12.3 Å². The van der Waals surface area contributed by atoms with E-state index in [-0.39, 0.29) is 5.91 Å². The molecule has 2 aromatic rings. The second-order valence-corrected chi connectivity index (χ2v) is 5.20. The van der Waals surface area contributed by atoms with Gasteiger partial charge in [-0.15, -0.1) is 0 Å². The van der Waals surface area contributed by atoms with Gasteiger partial charge in [-0.3, -0.25) is 4.79 Å². The summed E-state index contributed by atoms with van der Waals surface area (Å²) >= 11 is 5.83. The molecule has 1 unspecified atom stereocenters. The highest BCUT2D eigenvalue weighted by molar-refractivity contribution is 6.30. The number of hydrogen-bond donors (Lipinski definition) is 0. The molecular weight excluding hydrogens is 262 g/mol. The summed E-state index contributed by atoms with van der Waals surface area (Å²) in [5.41, 5.74) is 0.685. The van der Waals surface area contributed by atoms with Gasteiger partial charge >= 0.3 is 0 Å². The summed E-state index contributed by atoms with van der Waals surface area (Å²) in [4.78, 5) is 14.2. The number of carbonyl (C=O) groups excluding carboxylic acids is 1. The smallest absolute Gasteiger partial charge is 0.253 e. The molecule has 0 N–H and O–H groups in total.